The molecular weight excluding hydrogens is 260 g/mol. The number of carboxylic acid groups (broad SMARTS) is 1. The van der Waals surface area contributed by atoms with Crippen molar-refractivity contribution >= 4 is 21.9 Å². The minimum absolute atomic E-state index is 0.127. The largest absolute Gasteiger partial charge is 0.494 e. The second-order valence-corrected chi connectivity index (χ2v) is 3.99. The van der Waals surface area contributed by atoms with Gasteiger partial charge in [-0.1, -0.05) is 22.0 Å². The summed E-state index contributed by atoms with van der Waals surface area (Å²) in [5.74, 6) is -0.0338. The van der Waals surface area contributed by atoms with Crippen LogP contribution in [0.1, 0.15) is 18.9 Å². The second kappa shape index (κ2) is 5.75. The lowest BCUT2D eigenvalue weighted by Gasteiger charge is -2.09. The second-order valence-electron chi connectivity index (χ2n) is 3.08. The molecule has 0 aliphatic rings. The van der Waals surface area contributed by atoms with Crippen LogP contribution in [0.25, 0.3) is 0 Å². The summed E-state index contributed by atoms with van der Waals surface area (Å²) < 4.78 is 6.36. The maximum atomic E-state index is 10.5. The fourth-order valence-electron chi connectivity index (χ4n) is 1.27. The monoisotopic (exact) mass is 272 g/mol. The summed E-state index contributed by atoms with van der Waals surface area (Å²) in [7, 11) is 0. The van der Waals surface area contributed by atoms with Gasteiger partial charge in [0.1, 0.15) is 5.75 Å². The van der Waals surface area contributed by atoms with Crippen LogP contribution in [0.2, 0.25) is 0 Å². The molecule has 1 aromatic carbocycles. The van der Waals surface area contributed by atoms with Gasteiger partial charge in [0.2, 0.25) is 0 Å². The Morgan fingerprint density at radius 2 is 2.27 bits per heavy atom. The highest BCUT2D eigenvalue weighted by Crippen LogP contribution is 2.24. The molecular formula is C11H13BrO3. The van der Waals surface area contributed by atoms with Crippen LogP contribution in [0.5, 0.6) is 5.75 Å². The smallest absolute Gasteiger partial charge is 0.303 e. The van der Waals surface area contributed by atoms with E-state index in [1.807, 2.05) is 25.1 Å². The molecule has 0 unspecified atom stereocenters. The SMILES string of the molecule is CCOc1cc(Br)ccc1CCC(=O)O. The number of ether oxygens (including phenoxy) is 1. The van der Waals surface area contributed by atoms with Crippen LogP contribution in [0.4, 0.5) is 0 Å². The lowest BCUT2D eigenvalue weighted by Crippen LogP contribution is -2.01. The Bertz CT molecular complexity index is 350. The number of benzene rings is 1. The molecule has 0 atom stereocenters. The third-order valence-corrected chi connectivity index (χ3v) is 2.43. The van der Waals surface area contributed by atoms with Crippen LogP contribution >= 0.6 is 15.9 Å². The van der Waals surface area contributed by atoms with Gasteiger partial charge in [-0.05, 0) is 31.0 Å². The number of carbonyl (C=O) groups is 1. The maximum Gasteiger partial charge on any atom is 0.303 e. The summed E-state index contributed by atoms with van der Waals surface area (Å²) in [4.78, 5) is 10.5. The highest BCUT2D eigenvalue weighted by Gasteiger charge is 2.06. The van der Waals surface area contributed by atoms with Gasteiger partial charge in [0.05, 0.1) is 6.61 Å². The van der Waals surface area contributed by atoms with Gasteiger partial charge in [-0.2, -0.15) is 0 Å². The fourth-order valence-corrected chi connectivity index (χ4v) is 1.61. The normalized spacial score (nSPS) is 10.0. The first kappa shape index (κ1) is 12.0. The van der Waals surface area contributed by atoms with E-state index in [9.17, 15) is 4.79 Å². The van der Waals surface area contributed by atoms with Crippen molar-refractivity contribution in [3.63, 3.8) is 0 Å². The van der Waals surface area contributed by atoms with Gasteiger partial charge >= 0.3 is 5.97 Å². The summed E-state index contributed by atoms with van der Waals surface area (Å²) >= 11 is 3.35. The fraction of sp³-hybridized carbons (Fsp3) is 0.364. The van der Waals surface area contributed by atoms with Crippen molar-refractivity contribution in [3.8, 4) is 5.75 Å². The van der Waals surface area contributed by atoms with Crippen molar-refractivity contribution in [2.24, 2.45) is 0 Å². The molecule has 0 radical (unpaired) electrons. The van der Waals surface area contributed by atoms with Crippen molar-refractivity contribution < 1.29 is 14.6 Å². The molecule has 0 aliphatic heterocycles. The van der Waals surface area contributed by atoms with Gasteiger partial charge in [0, 0.05) is 10.9 Å². The topological polar surface area (TPSA) is 46.5 Å². The zero-order chi connectivity index (χ0) is 11.3. The first-order valence-corrected chi connectivity index (χ1v) is 5.55. The molecule has 0 bridgehead atoms. The maximum absolute atomic E-state index is 10.5. The summed E-state index contributed by atoms with van der Waals surface area (Å²) in [6, 6.07) is 5.64. The van der Waals surface area contributed by atoms with Gasteiger partial charge in [-0.25, -0.2) is 0 Å². The molecule has 0 fully saturated rings. The lowest BCUT2D eigenvalue weighted by molar-refractivity contribution is -0.136. The molecule has 0 aromatic heterocycles. The first-order valence-electron chi connectivity index (χ1n) is 4.76. The Kier molecular flexibility index (Phi) is 4.62. The van der Waals surface area contributed by atoms with Crippen molar-refractivity contribution in [1.82, 2.24) is 0 Å². The molecule has 15 heavy (non-hydrogen) atoms. The highest BCUT2D eigenvalue weighted by molar-refractivity contribution is 9.10. The molecule has 1 aromatic rings. The molecule has 0 saturated heterocycles. The van der Waals surface area contributed by atoms with Crippen molar-refractivity contribution in [1.29, 1.82) is 0 Å². The predicted molar refractivity (Wildman–Crippen MR) is 61.3 cm³/mol. The first-order chi connectivity index (χ1) is 7.13. The Balaban J connectivity index is 2.80. The Labute approximate surface area is 97.2 Å². The van der Waals surface area contributed by atoms with Crippen LogP contribution in [0, 0.1) is 0 Å². The molecule has 4 heteroatoms. The Morgan fingerprint density at radius 1 is 1.53 bits per heavy atom. The Morgan fingerprint density at radius 3 is 2.87 bits per heavy atom. The number of rotatable bonds is 5. The van der Waals surface area contributed by atoms with Crippen molar-refractivity contribution in [2.45, 2.75) is 19.8 Å². The lowest BCUT2D eigenvalue weighted by atomic mass is 10.1. The van der Waals surface area contributed by atoms with E-state index in [2.05, 4.69) is 15.9 Å². The van der Waals surface area contributed by atoms with Crippen LogP contribution in [0.15, 0.2) is 22.7 Å². The van der Waals surface area contributed by atoms with E-state index in [0.29, 0.717) is 13.0 Å². The van der Waals surface area contributed by atoms with Crippen LogP contribution < -0.4 is 4.74 Å². The minimum Gasteiger partial charge on any atom is -0.494 e. The molecule has 0 heterocycles. The zero-order valence-corrected chi connectivity index (χ0v) is 10.1. The van der Waals surface area contributed by atoms with E-state index >= 15 is 0 Å². The van der Waals surface area contributed by atoms with Crippen LogP contribution in [-0.4, -0.2) is 17.7 Å². The number of aryl methyl sites for hydroxylation is 1. The van der Waals surface area contributed by atoms with Gasteiger partial charge < -0.3 is 9.84 Å². The van der Waals surface area contributed by atoms with Gasteiger partial charge in [0.25, 0.3) is 0 Å². The number of halogens is 1. The molecule has 1 rings (SSSR count). The summed E-state index contributed by atoms with van der Waals surface area (Å²) in [5, 5.41) is 8.60. The molecule has 0 spiro atoms. The average molecular weight is 273 g/mol. The quantitative estimate of drug-likeness (QED) is 0.897. The zero-order valence-electron chi connectivity index (χ0n) is 8.50. The van der Waals surface area contributed by atoms with Crippen LogP contribution in [-0.2, 0) is 11.2 Å². The van der Waals surface area contributed by atoms with E-state index in [1.54, 1.807) is 0 Å². The van der Waals surface area contributed by atoms with E-state index in [0.717, 1.165) is 15.8 Å². The third-order valence-electron chi connectivity index (χ3n) is 1.94. The van der Waals surface area contributed by atoms with E-state index in [-0.39, 0.29) is 6.42 Å². The number of aliphatic carboxylic acids is 1. The van der Waals surface area contributed by atoms with Crippen molar-refractivity contribution in [3.05, 3.63) is 28.2 Å². The standard InChI is InChI=1S/C11H13BrO3/c1-2-15-10-7-9(12)5-3-8(10)4-6-11(13)14/h3,5,7H,2,4,6H2,1H3,(H,13,14). The number of carboxylic acids is 1. The van der Waals surface area contributed by atoms with Crippen LogP contribution in [0.3, 0.4) is 0 Å². The van der Waals surface area contributed by atoms with E-state index in [4.69, 9.17) is 9.84 Å². The van der Waals surface area contributed by atoms with E-state index in [1.165, 1.54) is 0 Å². The highest BCUT2D eigenvalue weighted by atomic mass is 79.9. The Hall–Kier alpha value is -1.03. The molecule has 0 amide bonds. The number of hydrogen-bond acceptors (Lipinski definition) is 2. The molecule has 82 valence electrons. The average Bonchev–Trinajstić information content (AvgIpc) is 2.17. The summed E-state index contributed by atoms with van der Waals surface area (Å²) in [6.45, 7) is 2.48. The summed E-state index contributed by atoms with van der Waals surface area (Å²) in [6.07, 6.45) is 0.625. The minimum atomic E-state index is -0.791. The molecule has 3 nitrogen and oxygen atoms in total. The van der Waals surface area contributed by atoms with Gasteiger partial charge in [-0.15, -0.1) is 0 Å². The molecule has 0 saturated carbocycles. The third kappa shape index (κ3) is 3.91. The molecule has 0 aliphatic carbocycles. The molecule has 1 N–H and O–H groups in total. The number of hydrogen-bond donors (Lipinski definition) is 1. The predicted octanol–water partition coefficient (Wildman–Crippen LogP) is 2.87. The van der Waals surface area contributed by atoms with Crippen molar-refractivity contribution in [2.75, 3.05) is 6.61 Å². The van der Waals surface area contributed by atoms with E-state index < -0.39 is 5.97 Å². The van der Waals surface area contributed by atoms with Gasteiger partial charge in [-0.3, -0.25) is 4.79 Å². The summed E-state index contributed by atoms with van der Waals surface area (Å²) in [5.41, 5.74) is 0.933. The van der Waals surface area contributed by atoms with Gasteiger partial charge in [0.15, 0.2) is 0 Å².